The summed E-state index contributed by atoms with van der Waals surface area (Å²) in [6.45, 7) is 0.825. The molecule has 0 bridgehead atoms. The minimum atomic E-state index is 0.227. The van der Waals surface area contributed by atoms with Crippen LogP contribution in [0.5, 0.6) is 0 Å². The molecule has 3 aromatic rings. The molecule has 1 N–H and O–H groups in total. The number of H-pyrrole nitrogens is 1. The van der Waals surface area contributed by atoms with Gasteiger partial charge in [-0.1, -0.05) is 67.1 Å². The molecule has 2 aromatic carbocycles. The lowest BCUT2D eigenvalue weighted by Gasteiger charge is -2.17. The van der Waals surface area contributed by atoms with Crippen LogP contribution in [0.15, 0.2) is 66.7 Å². The van der Waals surface area contributed by atoms with E-state index in [-0.39, 0.29) is 5.91 Å². The summed E-state index contributed by atoms with van der Waals surface area (Å²) in [5.74, 6) is 0.227. The zero-order valence-electron chi connectivity index (χ0n) is 16.6. The Morgan fingerprint density at radius 2 is 1.64 bits per heavy atom. The Morgan fingerprint density at radius 3 is 2.39 bits per heavy atom. The van der Waals surface area contributed by atoms with Gasteiger partial charge < -0.3 is 4.90 Å². The predicted octanol–water partition coefficient (Wildman–Crippen LogP) is 4.88. The fourth-order valence-electron chi connectivity index (χ4n) is 3.30. The summed E-state index contributed by atoms with van der Waals surface area (Å²) in [7, 11) is 1.91. The number of aromatic amines is 1. The Bertz CT molecular complexity index is 843. The van der Waals surface area contributed by atoms with Crippen molar-refractivity contribution in [3.8, 4) is 11.3 Å². The van der Waals surface area contributed by atoms with Crippen LogP contribution in [0.3, 0.4) is 0 Å². The maximum Gasteiger partial charge on any atom is 0.222 e. The Hall–Kier alpha value is -2.88. The van der Waals surface area contributed by atoms with E-state index in [1.165, 1.54) is 11.3 Å². The summed E-state index contributed by atoms with van der Waals surface area (Å²) in [6.07, 6.45) is 5.63. The lowest BCUT2D eigenvalue weighted by Crippen LogP contribution is -2.27. The average molecular weight is 376 g/mol. The first-order valence-electron chi connectivity index (χ1n) is 10.1. The molecule has 0 aliphatic rings. The molecule has 4 heteroatoms. The van der Waals surface area contributed by atoms with E-state index in [4.69, 9.17) is 0 Å². The lowest BCUT2D eigenvalue weighted by molar-refractivity contribution is -0.129. The van der Waals surface area contributed by atoms with Crippen LogP contribution in [0.1, 0.15) is 36.9 Å². The molecule has 0 spiro atoms. The number of nitrogens with one attached hydrogen (secondary N) is 1. The van der Waals surface area contributed by atoms with E-state index < -0.39 is 0 Å². The van der Waals surface area contributed by atoms with Crippen LogP contribution in [-0.4, -0.2) is 34.6 Å². The molecule has 0 aliphatic carbocycles. The number of rotatable bonds is 10. The van der Waals surface area contributed by atoms with Gasteiger partial charge in [0.2, 0.25) is 5.91 Å². The van der Waals surface area contributed by atoms with E-state index >= 15 is 0 Å². The molecule has 0 saturated carbocycles. The molecule has 0 unspecified atom stereocenters. The molecule has 0 saturated heterocycles. The van der Waals surface area contributed by atoms with Crippen molar-refractivity contribution >= 4 is 5.91 Å². The highest BCUT2D eigenvalue weighted by molar-refractivity contribution is 5.76. The van der Waals surface area contributed by atoms with Gasteiger partial charge in [0.25, 0.3) is 0 Å². The van der Waals surface area contributed by atoms with E-state index in [1.807, 2.05) is 48.3 Å². The number of carbonyl (C=O) groups is 1. The van der Waals surface area contributed by atoms with Crippen LogP contribution in [0, 0.1) is 0 Å². The highest BCUT2D eigenvalue weighted by atomic mass is 16.2. The maximum absolute atomic E-state index is 12.3. The van der Waals surface area contributed by atoms with E-state index in [0.717, 1.165) is 49.9 Å². The average Bonchev–Trinajstić information content (AvgIpc) is 3.22. The number of amides is 1. The highest BCUT2D eigenvalue weighted by Gasteiger charge is 2.08. The van der Waals surface area contributed by atoms with E-state index in [1.54, 1.807) is 0 Å². The summed E-state index contributed by atoms with van der Waals surface area (Å²) in [4.78, 5) is 14.1. The van der Waals surface area contributed by atoms with Gasteiger partial charge in [-0.15, -0.1) is 0 Å². The van der Waals surface area contributed by atoms with Crippen LogP contribution >= 0.6 is 0 Å². The predicted molar refractivity (Wildman–Crippen MR) is 114 cm³/mol. The van der Waals surface area contributed by atoms with Gasteiger partial charge >= 0.3 is 0 Å². The van der Waals surface area contributed by atoms with Crippen LogP contribution in [0.25, 0.3) is 11.3 Å². The van der Waals surface area contributed by atoms with Gasteiger partial charge in [-0.05, 0) is 37.3 Å². The van der Waals surface area contributed by atoms with E-state index in [0.29, 0.717) is 6.42 Å². The number of benzene rings is 2. The molecule has 1 amide bonds. The zero-order chi connectivity index (χ0) is 19.6. The van der Waals surface area contributed by atoms with Crippen molar-refractivity contribution in [2.75, 3.05) is 13.6 Å². The molecular formula is C24H29N3O. The smallest absolute Gasteiger partial charge is 0.222 e. The van der Waals surface area contributed by atoms with E-state index in [2.05, 4.69) is 40.5 Å². The van der Waals surface area contributed by atoms with E-state index in [9.17, 15) is 4.79 Å². The molecule has 0 radical (unpaired) electrons. The topological polar surface area (TPSA) is 49.0 Å². The van der Waals surface area contributed by atoms with Crippen molar-refractivity contribution in [2.45, 2.75) is 38.5 Å². The normalized spacial score (nSPS) is 10.8. The third-order valence-electron chi connectivity index (χ3n) is 5.04. The largest absolute Gasteiger partial charge is 0.346 e. The number of aryl methyl sites for hydroxylation is 2. The van der Waals surface area contributed by atoms with Crippen molar-refractivity contribution in [3.05, 3.63) is 78.0 Å². The van der Waals surface area contributed by atoms with Crippen molar-refractivity contribution < 1.29 is 4.79 Å². The molecule has 0 aliphatic heterocycles. The van der Waals surface area contributed by atoms with Gasteiger partial charge in [-0.2, -0.15) is 5.10 Å². The van der Waals surface area contributed by atoms with Crippen molar-refractivity contribution in [1.29, 1.82) is 0 Å². The number of aromatic nitrogens is 2. The van der Waals surface area contributed by atoms with Crippen molar-refractivity contribution in [2.24, 2.45) is 0 Å². The Balaban J connectivity index is 1.31. The third-order valence-corrected chi connectivity index (χ3v) is 5.04. The standard InChI is InChI=1S/C24H29N3O/c1-27(24(28)17-16-20-11-5-2-6-12-20)18-10-4-9-15-22-19-23(26-25-22)21-13-7-3-8-14-21/h2-3,5-8,11-14,19H,4,9-10,15-18H2,1H3,(H,25,26). The Labute approximate surface area is 167 Å². The SMILES string of the molecule is CN(CCCCCc1cc(-c2ccccc2)n[nH]1)C(=O)CCc1ccccc1. The fourth-order valence-corrected chi connectivity index (χ4v) is 3.30. The Kier molecular flexibility index (Phi) is 7.42. The van der Waals surface area contributed by atoms with Crippen LogP contribution in [0.2, 0.25) is 0 Å². The molecule has 3 rings (SSSR count). The first-order valence-corrected chi connectivity index (χ1v) is 10.1. The van der Waals surface area contributed by atoms with Crippen molar-refractivity contribution in [1.82, 2.24) is 15.1 Å². The van der Waals surface area contributed by atoms with Crippen LogP contribution in [0.4, 0.5) is 0 Å². The second kappa shape index (κ2) is 10.5. The molecule has 146 valence electrons. The molecule has 0 fully saturated rings. The van der Waals surface area contributed by atoms with Crippen LogP contribution < -0.4 is 0 Å². The summed E-state index contributed by atoms with van der Waals surface area (Å²) in [5.41, 5.74) is 4.53. The number of hydrogen-bond donors (Lipinski definition) is 1. The van der Waals surface area contributed by atoms with Gasteiger partial charge in [-0.3, -0.25) is 9.89 Å². The van der Waals surface area contributed by atoms with Crippen LogP contribution in [-0.2, 0) is 17.6 Å². The molecule has 1 aromatic heterocycles. The minimum absolute atomic E-state index is 0.227. The molecule has 4 nitrogen and oxygen atoms in total. The quantitative estimate of drug-likeness (QED) is 0.513. The molecule has 28 heavy (non-hydrogen) atoms. The van der Waals surface area contributed by atoms with Gasteiger partial charge in [0.15, 0.2) is 0 Å². The maximum atomic E-state index is 12.3. The van der Waals surface area contributed by atoms with Gasteiger partial charge in [0.05, 0.1) is 5.69 Å². The van der Waals surface area contributed by atoms with Gasteiger partial charge in [0.1, 0.15) is 0 Å². The highest BCUT2D eigenvalue weighted by Crippen LogP contribution is 2.18. The second-order valence-electron chi connectivity index (χ2n) is 7.26. The third kappa shape index (κ3) is 6.08. The number of hydrogen-bond acceptors (Lipinski definition) is 2. The van der Waals surface area contributed by atoms with Gasteiger partial charge in [-0.25, -0.2) is 0 Å². The Morgan fingerprint density at radius 1 is 0.929 bits per heavy atom. The number of unbranched alkanes of at least 4 members (excludes halogenated alkanes) is 2. The number of nitrogens with zero attached hydrogens (tertiary/aromatic N) is 2. The summed E-state index contributed by atoms with van der Waals surface area (Å²) >= 11 is 0. The lowest BCUT2D eigenvalue weighted by atomic mass is 10.1. The first-order chi connectivity index (χ1) is 13.7. The zero-order valence-corrected chi connectivity index (χ0v) is 16.6. The first kappa shape index (κ1) is 19.9. The summed E-state index contributed by atoms with van der Waals surface area (Å²) in [5, 5.41) is 7.54. The molecular weight excluding hydrogens is 346 g/mol. The van der Waals surface area contributed by atoms with Gasteiger partial charge in [0, 0.05) is 31.3 Å². The molecule has 0 atom stereocenters. The molecule has 1 heterocycles. The monoisotopic (exact) mass is 375 g/mol. The minimum Gasteiger partial charge on any atom is -0.346 e. The summed E-state index contributed by atoms with van der Waals surface area (Å²) in [6, 6.07) is 22.5. The fraction of sp³-hybridized carbons (Fsp3) is 0.333. The second-order valence-corrected chi connectivity index (χ2v) is 7.26. The number of carbonyl (C=O) groups excluding carboxylic acids is 1. The summed E-state index contributed by atoms with van der Waals surface area (Å²) < 4.78 is 0. The van der Waals surface area contributed by atoms with Crippen molar-refractivity contribution in [3.63, 3.8) is 0 Å².